The summed E-state index contributed by atoms with van der Waals surface area (Å²) in [5.41, 5.74) is 2.67. The molecule has 88 valence electrons. The van der Waals surface area contributed by atoms with Crippen LogP contribution in [0.25, 0.3) is 0 Å². The normalized spacial score (nSPS) is 19.4. The Morgan fingerprint density at radius 1 is 1.44 bits per heavy atom. The zero-order chi connectivity index (χ0) is 11.5. The molecular weight excluding hydrogens is 198 g/mol. The minimum atomic E-state index is 0.465. The number of rotatable bonds is 3. The van der Waals surface area contributed by atoms with Gasteiger partial charge in [0.2, 0.25) is 0 Å². The fourth-order valence-electron chi connectivity index (χ4n) is 2.36. The molecule has 0 radical (unpaired) electrons. The molecule has 2 rings (SSSR count). The van der Waals surface area contributed by atoms with Crippen LogP contribution in [0.3, 0.4) is 0 Å². The number of hydrogen-bond acceptors (Lipinski definition) is 2. The standard InChI is InChI=1S/C14H21NO/c1-4-15-13-8-9-16-14-11(10(2)3)6-5-7-12(13)14/h5-7,10,13,15H,4,8-9H2,1-3H3. The van der Waals surface area contributed by atoms with E-state index in [1.807, 2.05) is 0 Å². The molecule has 1 aliphatic rings. The second-order valence-electron chi connectivity index (χ2n) is 4.67. The van der Waals surface area contributed by atoms with Gasteiger partial charge in [0.15, 0.2) is 0 Å². The molecule has 0 bridgehead atoms. The molecule has 2 nitrogen and oxygen atoms in total. The molecule has 0 fully saturated rings. The molecule has 0 amide bonds. The Balaban J connectivity index is 2.38. The lowest BCUT2D eigenvalue weighted by Gasteiger charge is -2.29. The molecule has 0 saturated carbocycles. The minimum Gasteiger partial charge on any atom is -0.493 e. The minimum absolute atomic E-state index is 0.465. The average molecular weight is 219 g/mol. The topological polar surface area (TPSA) is 21.3 Å². The van der Waals surface area contributed by atoms with Gasteiger partial charge in [-0.1, -0.05) is 39.0 Å². The summed E-state index contributed by atoms with van der Waals surface area (Å²) in [6.45, 7) is 8.43. The lowest BCUT2D eigenvalue weighted by molar-refractivity contribution is 0.251. The molecule has 0 aliphatic carbocycles. The van der Waals surface area contributed by atoms with Crippen LogP contribution >= 0.6 is 0 Å². The van der Waals surface area contributed by atoms with Gasteiger partial charge in [0.25, 0.3) is 0 Å². The van der Waals surface area contributed by atoms with Crippen LogP contribution in [0.4, 0.5) is 0 Å². The number of hydrogen-bond donors (Lipinski definition) is 1. The van der Waals surface area contributed by atoms with Crippen molar-refractivity contribution in [2.24, 2.45) is 0 Å². The van der Waals surface area contributed by atoms with Gasteiger partial charge in [-0.15, -0.1) is 0 Å². The Morgan fingerprint density at radius 3 is 2.94 bits per heavy atom. The molecular formula is C14H21NO. The fourth-order valence-corrected chi connectivity index (χ4v) is 2.36. The highest BCUT2D eigenvalue weighted by Gasteiger charge is 2.23. The van der Waals surface area contributed by atoms with Crippen LogP contribution in [0, 0.1) is 0 Å². The second kappa shape index (κ2) is 4.88. The van der Waals surface area contributed by atoms with Crippen molar-refractivity contribution in [1.29, 1.82) is 0 Å². The van der Waals surface area contributed by atoms with Crippen molar-refractivity contribution >= 4 is 0 Å². The number of para-hydroxylation sites is 1. The van der Waals surface area contributed by atoms with E-state index < -0.39 is 0 Å². The smallest absolute Gasteiger partial charge is 0.127 e. The largest absolute Gasteiger partial charge is 0.493 e. The second-order valence-corrected chi connectivity index (χ2v) is 4.67. The quantitative estimate of drug-likeness (QED) is 0.842. The predicted molar refractivity (Wildman–Crippen MR) is 67.1 cm³/mol. The third-order valence-electron chi connectivity index (χ3n) is 3.18. The first-order chi connectivity index (χ1) is 7.74. The van der Waals surface area contributed by atoms with E-state index in [2.05, 4.69) is 44.3 Å². The van der Waals surface area contributed by atoms with Gasteiger partial charge in [0.1, 0.15) is 5.75 Å². The summed E-state index contributed by atoms with van der Waals surface area (Å²) in [7, 11) is 0. The van der Waals surface area contributed by atoms with Crippen LogP contribution in [0.2, 0.25) is 0 Å². The molecule has 1 aliphatic heterocycles. The van der Waals surface area contributed by atoms with Gasteiger partial charge in [-0.25, -0.2) is 0 Å². The predicted octanol–water partition coefficient (Wildman–Crippen LogP) is 3.24. The van der Waals surface area contributed by atoms with Crippen molar-refractivity contribution in [3.63, 3.8) is 0 Å². The van der Waals surface area contributed by atoms with E-state index in [0.717, 1.165) is 25.3 Å². The number of ether oxygens (including phenoxy) is 1. The summed E-state index contributed by atoms with van der Waals surface area (Å²) in [4.78, 5) is 0. The molecule has 0 aromatic heterocycles. The molecule has 1 aromatic carbocycles. The number of fused-ring (bicyclic) bond motifs is 1. The highest BCUT2D eigenvalue weighted by molar-refractivity contribution is 5.46. The Hall–Kier alpha value is -1.02. The van der Waals surface area contributed by atoms with E-state index in [0.29, 0.717) is 12.0 Å². The Bertz CT molecular complexity index is 360. The van der Waals surface area contributed by atoms with E-state index in [-0.39, 0.29) is 0 Å². The van der Waals surface area contributed by atoms with E-state index in [1.165, 1.54) is 11.1 Å². The first-order valence-corrected chi connectivity index (χ1v) is 6.23. The van der Waals surface area contributed by atoms with E-state index >= 15 is 0 Å². The Morgan fingerprint density at radius 2 is 2.25 bits per heavy atom. The zero-order valence-corrected chi connectivity index (χ0v) is 10.4. The third kappa shape index (κ3) is 2.07. The SMILES string of the molecule is CCNC1CCOc2c(C(C)C)cccc21. The van der Waals surface area contributed by atoms with Crippen LogP contribution in [-0.4, -0.2) is 13.2 Å². The number of nitrogens with one attached hydrogen (secondary N) is 1. The van der Waals surface area contributed by atoms with E-state index in [1.54, 1.807) is 0 Å². The van der Waals surface area contributed by atoms with Crippen molar-refractivity contribution in [1.82, 2.24) is 5.32 Å². The van der Waals surface area contributed by atoms with Crippen molar-refractivity contribution in [2.45, 2.75) is 39.2 Å². The first-order valence-electron chi connectivity index (χ1n) is 6.23. The lowest BCUT2D eigenvalue weighted by Crippen LogP contribution is -2.27. The van der Waals surface area contributed by atoms with Gasteiger partial charge >= 0.3 is 0 Å². The molecule has 0 saturated heterocycles. The summed E-state index contributed by atoms with van der Waals surface area (Å²) in [5, 5.41) is 3.53. The van der Waals surface area contributed by atoms with Crippen molar-refractivity contribution in [3.05, 3.63) is 29.3 Å². The zero-order valence-electron chi connectivity index (χ0n) is 10.4. The van der Waals surface area contributed by atoms with Crippen molar-refractivity contribution in [3.8, 4) is 5.75 Å². The molecule has 16 heavy (non-hydrogen) atoms. The summed E-state index contributed by atoms with van der Waals surface area (Å²) in [6, 6.07) is 6.98. The third-order valence-corrected chi connectivity index (χ3v) is 3.18. The van der Waals surface area contributed by atoms with Gasteiger partial charge in [-0.3, -0.25) is 0 Å². The summed E-state index contributed by atoms with van der Waals surface area (Å²) in [6.07, 6.45) is 1.07. The maximum atomic E-state index is 5.85. The molecule has 0 spiro atoms. The van der Waals surface area contributed by atoms with Crippen LogP contribution < -0.4 is 10.1 Å². The Labute approximate surface area is 98.0 Å². The first kappa shape index (κ1) is 11.5. The van der Waals surface area contributed by atoms with Gasteiger partial charge in [0, 0.05) is 18.0 Å². The maximum Gasteiger partial charge on any atom is 0.127 e. The average Bonchev–Trinajstić information content (AvgIpc) is 2.29. The van der Waals surface area contributed by atoms with Crippen molar-refractivity contribution in [2.75, 3.05) is 13.2 Å². The highest BCUT2D eigenvalue weighted by atomic mass is 16.5. The van der Waals surface area contributed by atoms with Gasteiger partial charge in [-0.2, -0.15) is 0 Å². The monoisotopic (exact) mass is 219 g/mol. The van der Waals surface area contributed by atoms with Crippen LogP contribution in [0.15, 0.2) is 18.2 Å². The van der Waals surface area contributed by atoms with Crippen molar-refractivity contribution < 1.29 is 4.74 Å². The van der Waals surface area contributed by atoms with Crippen LogP contribution in [0.5, 0.6) is 5.75 Å². The molecule has 2 heteroatoms. The number of benzene rings is 1. The molecule has 1 heterocycles. The summed E-state index contributed by atoms with van der Waals surface area (Å²) >= 11 is 0. The summed E-state index contributed by atoms with van der Waals surface area (Å²) in [5.74, 6) is 1.64. The van der Waals surface area contributed by atoms with E-state index in [9.17, 15) is 0 Å². The molecule has 1 atom stereocenters. The van der Waals surface area contributed by atoms with Gasteiger partial charge in [0.05, 0.1) is 6.61 Å². The highest BCUT2D eigenvalue weighted by Crippen LogP contribution is 2.37. The molecule has 1 aromatic rings. The fraction of sp³-hybridized carbons (Fsp3) is 0.571. The summed E-state index contributed by atoms with van der Waals surface area (Å²) < 4.78 is 5.85. The molecule has 1 unspecified atom stereocenters. The van der Waals surface area contributed by atoms with E-state index in [4.69, 9.17) is 4.74 Å². The molecule has 1 N–H and O–H groups in total. The lowest BCUT2D eigenvalue weighted by atomic mass is 9.93. The van der Waals surface area contributed by atoms with Crippen LogP contribution in [-0.2, 0) is 0 Å². The maximum absolute atomic E-state index is 5.85. The van der Waals surface area contributed by atoms with Crippen LogP contribution in [0.1, 0.15) is 50.3 Å². The van der Waals surface area contributed by atoms with Gasteiger partial charge in [-0.05, 0) is 18.0 Å². The van der Waals surface area contributed by atoms with Gasteiger partial charge < -0.3 is 10.1 Å². The Kier molecular flexibility index (Phi) is 3.49.